The van der Waals surface area contributed by atoms with Crippen molar-refractivity contribution in [1.82, 2.24) is 25.1 Å². The lowest BCUT2D eigenvalue weighted by Gasteiger charge is -2.23. The number of hydrogen-bond donors (Lipinski definition) is 1. The topological polar surface area (TPSA) is 72.7 Å². The zero-order valence-electron chi connectivity index (χ0n) is 13.3. The van der Waals surface area contributed by atoms with Crippen LogP contribution in [0.4, 0.5) is 0 Å². The first-order chi connectivity index (χ1) is 11.7. The lowest BCUT2D eigenvalue weighted by molar-refractivity contribution is 0.0922. The van der Waals surface area contributed by atoms with Crippen LogP contribution in [-0.4, -0.2) is 31.7 Å². The molecule has 0 bridgehead atoms. The van der Waals surface area contributed by atoms with Gasteiger partial charge in [0.1, 0.15) is 17.3 Å². The molecule has 0 radical (unpaired) electrons. The summed E-state index contributed by atoms with van der Waals surface area (Å²) in [5.41, 5.74) is 3.23. The maximum atomic E-state index is 12.7. The number of hydrogen-bond acceptors (Lipinski definition) is 5. The molecule has 0 fully saturated rings. The Morgan fingerprint density at radius 1 is 1.33 bits per heavy atom. The van der Waals surface area contributed by atoms with Crippen LogP contribution in [-0.2, 0) is 13.0 Å². The van der Waals surface area contributed by atoms with E-state index in [0.29, 0.717) is 12.2 Å². The number of thiazole rings is 1. The van der Waals surface area contributed by atoms with Gasteiger partial charge in [0.2, 0.25) is 0 Å². The number of benzene rings is 1. The molecule has 0 unspecified atom stereocenters. The standard InChI is InChI=1S/C17H17N5OS/c1-11-19-14-8-7-13(9-22(14)21-11)20-17(23)15-16(24-10-18-15)12-5-3-2-4-6-12/h2-6,10,13H,7-9H2,1H3,(H,20,23)/t13-/m0/s1. The third-order valence-corrected chi connectivity index (χ3v) is 4.99. The predicted molar refractivity (Wildman–Crippen MR) is 91.9 cm³/mol. The summed E-state index contributed by atoms with van der Waals surface area (Å²) in [6, 6.07) is 9.93. The molecular formula is C17H17N5OS. The van der Waals surface area contributed by atoms with E-state index in [2.05, 4.69) is 20.4 Å². The molecule has 0 saturated carbocycles. The first-order valence-corrected chi connectivity index (χ1v) is 8.79. The largest absolute Gasteiger partial charge is 0.346 e. The lowest BCUT2D eigenvalue weighted by atomic mass is 10.1. The number of nitrogens with one attached hydrogen (secondary N) is 1. The third kappa shape index (κ3) is 2.82. The number of fused-ring (bicyclic) bond motifs is 1. The Labute approximate surface area is 143 Å². The van der Waals surface area contributed by atoms with Crippen molar-refractivity contribution in [1.29, 1.82) is 0 Å². The van der Waals surface area contributed by atoms with Gasteiger partial charge < -0.3 is 5.32 Å². The van der Waals surface area contributed by atoms with Gasteiger partial charge in [0.05, 0.1) is 16.9 Å². The third-order valence-electron chi connectivity index (χ3n) is 4.12. The Morgan fingerprint density at radius 3 is 3.00 bits per heavy atom. The zero-order valence-corrected chi connectivity index (χ0v) is 14.1. The molecule has 122 valence electrons. The van der Waals surface area contributed by atoms with Gasteiger partial charge in [-0.15, -0.1) is 11.3 Å². The Balaban J connectivity index is 1.51. The first kappa shape index (κ1) is 15.0. The van der Waals surface area contributed by atoms with Crippen LogP contribution in [0.2, 0.25) is 0 Å². The molecule has 1 aromatic carbocycles. The van der Waals surface area contributed by atoms with Gasteiger partial charge in [0.25, 0.3) is 5.91 Å². The number of amides is 1. The van der Waals surface area contributed by atoms with Crippen LogP contribution in [0.1, 0.15) is 28.6 Å². The van der Waals surface area contributed by atoms with Crippen LogP contribution in [0.5, 0.6) is 0 Å². The summed E-state index contributed by atoms with van der Waals surface area (Å²) in [6.07, 6.45) is 1.70. The van der Waals surface area contributed by atoms with Crippen molar-refractivity contribution in [3.8, 4) is 10.4 Å². The lowest BCUT2D eigenvalue weighted by Crippen LogP contribution is -2.41. The van der Waals surface area contributed by atoms with Crippen LogP contribution in [0.25, 0.3) is 10.4 Å². The Bertz CT molecular complexity index is 870. The molecule has 24 heavy (non-hydrogen) atoms. The van der Waals surface area contributed by atoms with E-state index in [4.69, 9.17) is 0 Å². The Hall–Kier alpha value is -2.54. The summed E-state index contributed by atoms with van der Waals surface area (Å²) in [5, 5.41) is 7.48. The second kappa shape index (κ2) is 6.16. The van der Waals surface area contributed by atoms with Gasteiger partial charge in [-0.1, -0.05) is 30.3 Å². The van der Waals surface area contributed by atoms with Crippen molar-refractivity contribution < 1.29 is 4.79 Å². The average molecular weight is 339 g/mol. The number of nitrogens with zero attached hydrogens (tertiary/aromatic N) is 4. The van der Waals surface area contributed by atoms with Gasteiger partial charge in [0, 0.05) is 12.5 Å². The minimum absolute atomic E-state index is 0.0522. The minimum atomic E-state index is -0.125. The van der Waals surface area contributed by atoms with Crippen LogP contribution < -0.4 is 5.32 Å². The molecule has 4 rings (SSSR count). The van der Waals surface area contributed by atoms with Crippen molar-refractivity contribution in [2.45, 2.75) is 32.4 Å². The molecular weight excluding hydrogens is 322 g/mol. The van der Waals surface area contributed by atoms with Crippen molar-refractivity contribution >= 4 is 17.2 Å². The summed E-state index contributed by atoms with van der Waals surface area (Å²) in [6.45, 7) is 2.55. The van der Waals surface area contributed by atoms with Crippen LogP contribution in [0.3, 0.4) is 0 Å². The maximum absolute atomic E-state index is 12.7. The highest BCUT2D eigenvalue weighted by molar-refractivity contribution is 7.13. The fraction of sp³-hybridized carbons (Fsp3) is 0.294. The SMILES string of the molecule is Cc1nc2n(n1)C[C@@H](NC(=O)c1ncsc1-c1ccccc1)CC2. The molecule has 1 aliphatic rings. The summed E-state index contributed by atoms with van der Waals surface area (Å²) in [5.74, 6) is 1.65. The van der Waals surface area contributed by atoms with Gasteiger partial charge in [-0.2, -0.15) is 5.10 Å². The summed E-state index contributed by atoms with van der Waals surface area (Å²) < 4.78 is 1.89. The highest BCUT2D eigenvalue weighted by Crippen LogP contribution is 2.27. The summed E-state index contributed by atoms with van der Waals surface area (Å²) >= 11 is 1.49. The van der Waals surface area contributed by atoms with E-state index in [1.165, 1.54) is 11.3 Å². The van der Waals surface area contributed by atoms with Crippen molar-refractivity contribution in [2.75, 3.05) is 0 Å². The molecule has 3 aromatic rings. The number of carbonyl (C=O) groups is 1. The predicted octanol–water partition coefficient (Wildman–Crippen LogP) is 2.45. The number of aryl methyl sites for hydroxylation is 2. The van der Waals surface area contributed by atoms with Crippen molar-refractivity contribution in [3.63, 3.8) is 0 Å². The van der Waals surface area contributed by atoms with Gasteiger partial charge in [-0.3, -0.25) is 4.79 Å². The van der Waals surface area contributed by atoms with E-state index in [1.54, 1.807) is 5.51 Å². The second-order valence-electron chi connectivity index (χ2n) is 5.86. The fourth-order valence-electron chi connectivity index (χ4n) is 3.01. The number of aromatic nitrogens is 4. The summed E-state index contributed by atoms with van der Waals surface area (Å²) in [4.78, 5) is 22.3. The molecule has 0 aliphatic carbocycles. The van der Waals surface area contributed by atoms with Crippen LogP contribution in [0, 0.1) is 6.92 Å². The molecule has 1 amide bonds. The van der Waals surface area contributed by atoms with Gasteiger partial charge in [-0.05, 0) is 18.9 Å². The van der Waals surface area contributed by atoms with E-state index in [9.17, 15) is 4.79 Å². The van der Waals surface area contributed by atoms with Crippen LogP contribution in [0.15, 0.2) is 35.8 Å². The van der Waals surface area contributed by atoms with Crippen LogP contribution >= 0.6 is 11.3 Å². The smallest absolute Gasteiger partial charge is 0.271 e. The maximum Gasteiger partial charge on any atom is 0.271 e. The highest BCUT2D eigenvalue weighted by Gasteiger charge is 2.24. The molecule has 0 saturated heterocycles. The van der Waals surface area contributed by atoms with Gasteiger partial charge in [0.15, 0.2) is 0 Å². The number of rotatable bonds is 3. The Kier molecular flexibility index (Phi) is 3.86. The molecule has 0 spiro atoms. The zero-order chi connectivity index (χ0) is 16.5. The van der Waals surface area contributed by atoms with Gasteiger partial charge in [-0.25, -0.2) is 14.6 Å². The van der Waals surface area contributed by atoms with E-state index >= 15 is 0 Å². The molecule has 1 atom stereocenters. The quantitative estimate of drug-likeness (QED) is 0.795. The first-order valence-electron chi connectivity index (χ1n) is 7.91. The molecule has 7 heteroatoms. The molecule has 6 nitrogen and oxygen atoms in total. The molecule has 1 aliphatic heterocycles. The molecule has 3 heterocycles. The van der Waals surface area contributed by atoms with Crippen molar-refractivity contribution in [3.05, 3.63) is 53.2 Å². The van der Waals surface area contributed by atoms with Crippen molar-refractivity contribution in [2.24, 2.45) is 0 Å². The molecule has 2 aromatic heterocycles. The summed E-state index contributed by atoms with van der Waals surface area (Å²) in [7, 11) is 0. The van der Waals surface area contributed by atoms with E-state index < -0.39 is 0 Å². The van der Waals surface area contributed by atoms with E-state index in [-0.39, 0.29) is 11.9 Å². The average Bonchev–Trinajstić information content (AvgIpc) is 3.21. The molecule has 1 N–H and O–H groups in total. The fourth-order valence-corrected chi connectivity index (χ4v) is 3.80. The Morgan fingerprint density at radius 2 is 2.17 bits per heavy atom. The second-order valence-corrected chi connectivity index (χ2v) is 6.72. The minimum Gasteiger partial charge on any atom is -0.346 e. The highest BCUT2D eigenvalue weighted by atomic mass is 32.1. The van der Waals surface area contributed by atoms with Gasteiger partial charge >= 0.3 is 0 Å². The van der Waals surface area contributed by atoms with E-state index in [1.807, 2.05) is 41.9 Å². The number of carbonyl (C=O) groups excluding carboxylic acids is 1. The monoisotopic (exact) mass is 339 g/mol. The normalized spacial score (nSPS) is 16.6. The van der Waals surface area contributed by atoms with E-state index in [0.717, 1.165) is 34.9 Å².